The third-order valence-electron chi connectivity index (χ3n) is 3.57. The topological polar surface area (TPSA) is 53.3 Å². The van der Waals surface area contributed by atoms with E-state index in [0.29, 0.717) is 5.92 Å². The highest BCUT2D eigenvalue weighted by atomic mass is 16.6. The Morgan fingerprint density at radius 3 is 2.65 bits per heavy atom. The Morgan fingerprint density at radius 2 is 2.12 bits per heavy atom. The molecule has 2 bridgehead atoms. The van der Waals surface area contributed by atoms with E-state index in [1.807, 2.05) is 20.8 Å². The average Bonchev–Trinajstić information content (AvgIpc) is 2.27. The van der Waals surface area contributed by atoms with Crippen LogP contribution in [0.2, 0.25) is 0 Å². The van der Waals surface area contributed by atoms with E-state index in [0.717, 1.165) is 25.8 Å². The molecule has 94 valence electrons. The van der Waals surface area contributed by atoms with E-state index in [-0.39, 0.29) is 18.1 Å². The first kappa shape index (κ1) is 12.2. The third-order valence-corrected chi connectivity index (χ3v) is 3.57. The number of hydrogen-bond acceptors (Lipinski definition) is 3. The molecule has 0 aromatic carbocycles. The second kappa shape index (κ2) is 4.21. The SMILES string of the molecule is CC(C)(C)OC(=O)N1CC2CCC1C(C#N)C2. The molecule has 2 heterocycles. The second-order valence-corrected chi connectivity index (χ2v) is 6.11. The number of nitrogens with zero attached hydrogens (tertiary/aromatic N) is 2. The van der Waals surface area contributed by atoms with Crippen molar-refractivity contribution in [1.82, 2.24) is 4.90 Å². The molecular formula is C13H20N2O2. The van der Waals surface area contributed by atoms with Gasteiger partial charge >= 0.3 is 6.09 Å². The molecule has 0 radical (unpaired) electrons. The van der Waals surface area contributed by atoms with E-state index in [4.69, 9.17) is 10.00 Å². The van der Waals surface area contributed by atoms with Crippen molar-refractivity contribution >= 4 is 6.09 Å². The molecule has 3 rings (SSSR count). The van der Waals surface area contributed by atoms with Crippen LogP contribution in [0.4, 0.5) is 4.79 Å². The molecule has 2 aliphatic heterocycles. The standard InChI is InChI=1S/C13H20N2O2/c1-13(2,3)17-12(16)15-8-9-4-5-11(15)10(6-9)7-14/h9-11H,4-6,8H2,1-3H3. The summed E-state index contributed by atoms with van der Waals surface area (Å²) in [7, 11) is 0. The number of ether oxygens (including phenoxy) is 1. The van der Waals surface area contributed by atoms with Crippen molar-refractivity contribution < 1.29 is 9.53 Å². The lowest BCUT2D eigenvalue weighted by Gasteiger charge is -2.47. The molecule has 4 nitrogen and oxygen atoms in total. The second-order valence-electron chi connectivity index (χ2n) is 6.11. The highest BCUT2D eigenvalue weighted by Gasteiger charge is 2.44. The fourth-order valence-corrected chi connectivity index (χ4v) is 2.86. The number of fused-ring (bicyclic) bond motifs is 3. The molecule has 0 spiro atoms. The first-order valence-corrected chi connectivity index (χ1v) is 6.30. The Balaban J connectivity index is 2.07. The largest absolute Gasteiger partial charge is 0.444 e. The van der Waals surface area contributed by atoms with Crippen LogP contribution in [-0.4, -0.2) is 29.2 Å². The molecule has 0 aromatic rings. The minimum absolute atomic E-state index is 0.00461. The Kier molecular flexibility index (Phi) is 3.03. The molecule has 3 atom stereocenters. The predicted octanol–water partition coefficient (Wildman–Crippen LogP) is 2.55. The van der Waals surface area contributed by atoms with Crippen LogP contribution in [0, 0.1) is 23.2 Å². The maximum Gasteiger partial charge on any atom is 0.410 e. The van der Waals surface area contributed by atoms with Gasteiger partial charge in [-0.15, -0.1) is 0 Å². The van der Waals surface area contributed by atoms with Crippen LogP contribution in [-0.2, 0) is 4.74 Å². The van der Waals surface area contributed by atoms with Gasteiger partial charge in [0.05, 0.1) is 18.0 Å². The maximum absolute atomic E-state index is 12.1. The van der Waals surface area contributed by atoms with Crippen molar-refractivity contribution in [2.75, 3.05) is 6.54 Å². The summed E-state index contributed by atoms with van der Waals surface area (Å²) in [6.07, 6.45) is 2.78. The number of nitriles is 1. The van der Waals surface area contributed by atoms with Gasteiger partial charge in [0.2, 0.25) is 0 Å². The minimum atomic E-state index is -0.462. The van der Waals surface area contributed by atoms with Crippen molar-refractivity contribution in [1.29, 1.82) is 5.26 Å². The maximum atomic E-state index is 12.1. The zero-order chi connectivity index (χ0) is 12.6. The Bertz CT molecular complexity index is 353. The molecule has 1 saturated carbocycles. The van der Waals surface area contributed by atoms with Crippen LogP contribution in [0.15, 0.2) is 0 Å². The van der Waals surface area contributed by atoms with E-state index in [1.54, 1.807) is 4.90 Å². The number of carbonyl (C=O) groups is 1. The Morgan fingerprint density at radius 1 is 1.41 bits per heavy atom. The van der Waals surface area contributed by atoms with Gasteiger partial charge in [-0.2, -0.15) is 5.26 Å². The van der Waals surface area contributed by atoms with Gasteiger partial charge in [-0.05, 0) is 46.0 Å². The quantitative estimate of drug-likeness (QED) is 0.649. The number of hydrogen-bond donors (Lipinski definition) is 0. The van der Waals surface area contributed by atoms with Crippen LogP contribution in [0.5, 0.6) is 0 Å². The normalized spacial score (nSPS) is 32.1. The van der Waals surface area contributed by atoms with E-state index < -0.39 is 5.60 Å². The lowest BCUT2D eigenvalue weighted by Crippen LogP contribution is -2.56. The molecule has 4 heteroatoms. The van der Waals surface area contributed by atoms with Gasteiger partial charge in [-0.25, -0.2) is 4.79 Å². The van der Waals surface area contributed by atoms with Gasteiger partial charge in [-0.3, -0.25) is 0 Å². The average molecular weight is 236 g/mol. The smallest absolute Gasteiger partial charge is 0.410 e. The molecule has 3 aliphatic rings. The van der Waals surface area contributed by atoms with Crippen molar-refractivity contribution in [2.45, 2.75) is 51.7 Å². The zero-order valence-corrected chi connectivity index (χ0v) is 10.8. The third kappa shape index (κ3) is 2.54. The van der Waals surface area contributed by atoms with Crippen LogP contribution < -0.4 is 0 Å². The number of amides is 1. The fraction of sp³-hybridized carbons (Fsp3) is 0.846. The first-order chi connectivity index (χ1) is 7.90. The lowest BCUT2D eigenvalue weighted by molar-refractivity contribution is -0.0227. The van der Waals surface area contributed by atoms with E-state index in [2.05, 4.69) is 6.07 Å². The Hall–Kier alpha value is -1.24. The summed E-state index contributed by atoms with van der Waals surface area (Å²) in [5.74, 6) is 0.479. The van der Waals surface area contributed by atoms with Crippen LogP contribution in [0.25, 0.3) is 0 Å². The summed E-state index contributed by atoms with van der Waals surface area (Å²) in [5.41, 5.74) is -0.462. The zero-order valence-electron chi connectivity index (χ0n) is 10.8. The summed E-state index contributed by atoms with van der Waals surface area (Å²) in [4.78, 5) is 13.8. The fourth-order valence-electron chi connectivity index (χ4n) is 2.86. The van der Waals surface area contributed by atoms with Crippen molar-refractivity contribution in [3.05, 3.63) is 0 Å². The molecule has 0 N–H and O–H groups in total. The van der Waals surface area contributed by atoms with Crippen molar-refractivity contribution in [3.63, 3.8) is 0 Å². The van der Waals surface area contributed by atoms with Gasteiger partial charge < -0.3 is 9.64 Å². The molecule has 3 fully saturated rings. The summed E-state index contributed by atoms with van der Waals surface area (Å²) < 4.78 is 5.40. The van der Waals surface area contributed by atoms with Gasteiger partial charge in [-0.1, -0.05) is 0 Å². The molecule has 3 unspecified atom stereocenters. The van der Waals surface area contributed by atoms with Crippen molar-refractivity contribution in [3.8, 4) is 6.07 Å². The van der Waals surface area contributed by atoms with Gasteiger partial charge in [0.15, 0.2) is 0 Å². The summed E-state index contributed by atoms with van der Waals surface area (Å²) in [6, 6.07) is 2.40. The summed E-state index contributed by atoms with van der Waals surface area (Å²) in [6.45, 7) is 6.37. The van der Waals surface area contributed by atoms with Gasteiger partial charge in [0.1, 0.15) is 5.60 Å². The van der Waals surface area contributed by atoms with E-state index in [9.17, 15) is 4.79 Å². The molecule has 0 aromatic heterocycles. The Labute approximate surface area is 103 Å². The summed E-state index contributed by atoms with van der Waals surface area (Å²) >= 11 is 0. The lowest BCUT2D eigenvalue weighted by atomic mass is 9.73. The van der Waals surface area contributed by atoms with Crippen LogP contribution in [0.3, 0.4) is 0 Å². The van der Waals surface area contributed by atoms with Crippen LogP contribution in [0.1, 0.15) is 40.0 Å². The van der Waals surface area contributed by atoms with Gasteiger partial charge in [0.25, 0.3) is 0 Å². The number of piperidine rings is 2. The van der Waals surface area contributed by atoms with Gasteiger partial charge in [0, 0.05) is 6.54 Å². The molecule has 2 saturated heterocycles. The molecule has 17 heavy (non-hydrogen) atoms. The molecule has 1 aliphatic carbocycles. The number of carbonyl (C=O) groups excluding carboxylic acids is 1. The van der Waals surface area contributed by atoms with E-state index >= 15 is 0 Å². The summed E-state index contributed by atoms with van der Waals surface area (Å²) in [5, 5.41) is 9.12. The minimum Gasteiger partial charge on any atom is -0.444 e. The highest BCUT2D eigenvalue weighted by molar-refractivity contribution is 5.69. The van der Waals surface area contributed by atoms with E-state index in [1.165, 1.54) is 0 Å². The molecular weight excluding hydrogens is 216 g/mol. The highest BCUT2D eigenvalue weighted by Crippen LogP contribution is 2.39. The first-order valence-electron chi connectivity index (χ1n) is 6.30. The predicted molar refractivity (Wildman–Crippen MR) is 63.2 cm³/mol. The number of rotatable bonds is 0. The monoisotopic (exact) mass is 236 g/mol. The van der Waals surface area contributed by atoms with Crippen molar-refractivity contribution in [2.24, 2.45) is 11.8 Å². The molecule has 1 amide bonds. The van der Waals surface area contributed by atoms with Crippen LogP contribution >= 0.6 is 0 Å².